The van der Waals surface area contributed by atoms with Crippen molar-refractivity contribution in [1.82, 2.24) is 0 Å². The van der Waals surface area contributed by atoms with E-state index in [1.807, 2.05) is 0 Å². The van der Waals surface area contributed by atoms with Crippen LogP contribution in [0.15, 0.2) is 22.8 Å². The van der Waals surface area contributed by atoms with Crippen LogP contribution in [0.1, 0.15) is 53.4 Å². The van der Waals surface area contributed by atoms with Gasteiger partial charge in [0.15, 0.2) is 0 Å². The molecule has 2 saturated heterocycles. The first-order chi connectivity index (χ1) is 11.8. The minimum Gasteiger partial charge on any atom is -0.458 e. The minimum absolute atomic E-state index is 0.00607. The highest BCUT2D eigenvalue weighted by Crippen LogP contribution is 2.75. The first-order valence-corrected chi connectivity index (χ1v) is 9.75. The summed E-state index contributed by atoms with van der Waals surface area (Å²) >= 11 is 0. The summed E-state index contributed by atoms with van der Waals surface area (Å²) in [6.07, 6.45) is 6.75. The van der Waals surface area contributed by atoms with Crippen LogP contribution in [0.2, 0.25) is 0 Å². The van der Waals surface area contributed by atoms with Crippen LogP contribution in [0.4, 0.5) is 0 Å². The molecule has 3 heterocycles. The van der Waals surface area contributed by atoms with E-state index in [9.17, 15) is 4.79 Å². The van der Waals surface area contributed by atoms with E-state index in [2.05, 4.69) is 33.8 Å². The van der Waals surface area contributed by atoms with E-state index in [0.29, 0.717) is 12.5 Å². The Hall–Kier alpha value is -1.13. The number of ether oxygens (including phenoxy) is 3. The van der Waals surface area contributed by atoms with Crippen LogP contribution in [0, 0.1) is 16.7 Å². The number of fused-ring (bicyclic) bond motifs is 4. The van der Waals surface area contributed by atoms with Gasteiger partial charge in [0, 0.05) is 22.8 Å². The van der Waals surface area contributed by atoms with Crippen LogP contribution in [0.3, 0.4) is 0 Å². The van der Waals surface area contributed by atoms with E-state index < -0.39 is 0 Å². The van der Waals surface area contributed by atoms with Crippen LogP contribution < -0.4 is 0 Å². The first-order valence-electron chi connectivity index (χ1n) is 9.75. The normalized spacial score (nSPS) is 54.8. The van der Waals surface area contributed by atoms with E-state index in [0.717, 1.165) is 31.3 Å². The second-order valence-corrected chi connectivity index (χ2v) is 9.80. The molecular weight excluding hydrogens is 316 g/mol. The fraction of sp³-hybridized carbons (Fsp3) is 0.762. The molecule has 0 bridgehead atoms. The monoisotopic (exact) mass is 342 g/mol. The van der Waals surface area contributed by atoms with Crippen LogP contribution in [-0.4, -0.2) is 36.0 Å². The van der Waals surface area contributed by atoms with E-state index in [1.54, 1.807) is 0 Å². The number of carbonyl (C=O) groups is 1. The van der Waals surface area contributed by atoms with Gasteiger partial charge in [-0.25, -0.2) is 4.79 Å². The molecule has 1 spiro atoms. The topological polar surface area (TPSA) is 51.4 Å². The van der Waals surface area contributed by atoms with Gasteiger partial charge in [-0.05, 0) is 36.3 Å². The summed E-state index contributed by atoms with van der Waals surface area (Å²) < 4.78 is 18.1. The van der Waals surface area contributed by atoms with Gasteiger partial charge >= 0.3 is 5.97 Å². The van der Waals surface area contributed by atoms with Gasteiger partial charge in [-0.3, -0.25) is 0 Å². The predicted molar refractivity (Wildman–Crippen MR) is 90.8 cm³/mol. The average molecular weight is 342 g/mol. The highest BCUT2D eigenvalue weighted by atomic mass is 16.6. The maximum absolute atomic E-state index is 12.1. The Morgan fingerprint density at radius 3 is 2.76 bits per heavy atom. The maximum atomic E-state index is 12.1. The van der Waals surface area contributed by atoms with Crippen molar-refractivity contribution < 1.29 is 19.0 Å². The fourth-order valence-corrected chi connectivity index (χ4v) is 6.77. The number of rotatable bonds is 1. The Bertz CT molecular complexity index is 794. The van der Waals surface area contributed by atoms with Crippen molar-refractivity contribution in [3.63, 3.8) is 0 Å². The minimum atomic E-state index is -0.104. The Kier molecular flexibility index (Phi) is 2.34. The molecule has 0 amide bonds. The standard InChI is InChI=1S/C21H26O4/c1-11(2)20-10-21-14(7-15(20)24-20)18(3)6-5-12-13(9-23-17(12)22)19(18,4)8-16(21)25-21/h7,11,15-16H,5-6,8-10H2,1-4H3/t15-,16-,18+,19-,20-,21+/m0/s1. The Morgan fingerprint density at radius 2 is 2.00 bits per heavy atom. The highest BCUT2D eigenvalue weighted by Gasteiger charge is 2.79. The molecule has 0 N–H and O–H groups in total. The van der Waals surface area contributed by atoms with E-state index in [1.165, 1.54) is 11.1 Å². The smallest absolute Gasteiger partial charge is 0.334 e. The van der Waals surface area contributed by atoms with Crippen molar-refractivity contribution in [1.29, 1.82) is 0 Å². The fourth-order valence-electron chi connectivity index (χ4n) is 6.77. The summed E-state index contributed by atoms with van der Waals surface area (Å²) in [5.74, 6) is 0.422. The summed E-state index contributed by atoms with van der Waals surface area (Å²) in [6, 6.07) is 0. The second-order valence-electron chi connectivity index (χ2n) is 9.80. The van der Waals surface area contributed by atoms with Gasteiger partial charge < -0.3 is 14.2 Å². The third-order valence-corrected chi connectivity index (χ3v) is 8.78. The van der Waals surface area contributed by atoms with Crippen LogP contribution in [0.25, 0.3) is 0 Å². The number of hydrogen-bond donors (Lipinski definition) is 0. The van der Waals surface area contributed by atoms with E-state index in [4.69, 9.17) is 14.2 Å². The van der Waals surface area contributed by atoms with Crippen molar-refractivity contribution in [3.05, 3.63) is 22.8 Å². The quantitative estimate of drug-likeness (QED) is 0.417. The molecule has 6 atom stereocenters. The molecule has 3 fully saturated rings. The number of esters is 1. The molecule has 3 aliphatic carbocycles. The molecule has 0 aromatic heterocycles. The van der Waals surface area contributed by atoms with Gasteiger partial charge in [-0.1, -0.05) is 33.8 Å². The molecule has 6 rings (SSSR count). The zero-order valence-corrected chi connectivity index (χ0v) is 15.5. The Labute approximate surface area is 148 Å². The lowest BCUT2D eigenvalue weighted by Gasteiger charge is -2.56. The van der Waals surface area contributed by atoms with Crippen molar-refractivity contribution >= 4 is 5.97 Å². The lowest BCUT2D eigenvalue weighted by molar-refractivity contribution is -0.136. The first kappa shape index (κ1) is 15.0. The Balaban J connectivity index is 1.51. The molecule has 134 valence electrons. The molecule has 1 saturated carbocycles. The SMILES string of the molecule is CC(C)[C@@]12C[C@]34O[C@H]3C[C@@]3(C)C5=C(CC[C@]3(C)C4=C[C@@H]1O2)C(=O)OC5. The van der Waals surface area contributed by atoms with Crippen LogP contribution >= 0.6 is 0 Å². The van der Waals surface area contributed by atoms with Crippen LogP contribution in [-0.2, 0) is 19.0 Å². The van der Waals surface area contributed by atoms with Gasteiger partial charge in [0.25, 0.3) is 0 Å². The summed E-state index contributed by atoms with van der Waals surface area (Å²) in [7, 11) is 0. The second kappa shape index (κ2) is 3.91. The number of cyclic esters (lactones) is 1. The third-order valence-electron chi connectivity index (χ3n) is 8.78. The predicted octanol–water partition coefficient (Wildman–Crippen LogP) is 3.31. The molecule has 4 heteroatoms. The summed E-state index contributed by atoms with van der Waals surface area (Å²) in [5.41, 5.74) is 3.53. The van der Waals surface area contributed by atoms with Crippen molar-refractivity contribution in [2.75, 3.05) is 6.61 Å². The molecular formula is C21H26O4. The zero-order chi connectivity index (χ0) is 17.4. The molecule has 0 aromatic carbocycles. The van der Waals surface area contributed by atoms with Crippen molar-refractivity contribution in [2.24, 2.45) is 16.7 Å². The summed E-state index contributed by atoms with van der Waals surface area (Å²) in [6.45, 7) is 9.74. The van der Waals surface area contributed by atoms with Gasteiger partial charge in [-0.2, -0.15) is 0 Å². The molecule has 0 radical (unpaired) electrons. The Morgan fingerprint density at radius 1 is 1.20 bits per heavy atom. The number of epoxide rings is 2. The van der Waals surface area contributed by atoms with Crippen molar-refractivity contribution in [2.45, 2.75) is 76.8 Å². The van der Waals surface area contributed by atoms with Gasteiger partial charge in [0.1, 0.15) is 23.9 Å². The van der Waals surface area contributed by atoms with Gasteiger partial charge in [0.2, 0.25) is 0 Å². The van der Waals surface area contributed by atoms with Crippen molar-refractivity contribution in [3.8, 4) is 0 Å². The lowest BCUT2D eigenvalue weighted by Crippen LogP contribution is -2.54. The molecule has 4 nitrogen and oxygen atoms in total. The van der Waals surface area contributed by atoms with Crippen LogP contribution in [0.5, 0.6) is 0 Å². The lowest BCUT2D eigenvalue weighted by atomic mass is 9.45. The van der Waals surface area contributed by atoms with Gasteiger partial charge in [-0.15, -0.1) is 0 Å². The zero-order valence-electron chi connectivity index (χ0n) is 15.5. The maximum Gasteiger partial charge on any atom is 0.334 e. The van der Waals surface area contributed by atoms with E-state index >= 15 is 0 Å². The van der Waals surface area contributed by atoms with E-state index in [-0.39, 0.29) is 40.2 Å². The largest absolute Gasteiger partial charge is 0.458 e. The third kappa shape index (κ3) is 1.42. The highest BCUT2D eigenvalue weighted by molar-refractivity contribution is 5.92. The average Bonchev–Trinajstić information content (AvgIpc) is 3.40. The summed E-state index contributed by atoms with van der Waals surface area (Å²) in [4.78, 5) is 12.1. The molecule has 6 aliphatic rings. The molecule has 0 aromatic rings. The number of hydrogen-bond acceptors (Lipinski definition) is 4. The molecule has 3 aliphatic heterocycles. The molecule has 25 heavy (non-hydrogen) atoms. The van der Waals surface area contributed by atoms with Gasteiger partial charge in [0.05, 0.1) is 6.10 Å². The summed E-state index contributed by atoms with van der Waals surface area (Å²) in [5, 5.41) is 0. The number of carbonyl (C=O) groups excluding carboxylic acids is 1. The molecule has 0 unspecified atom stereocenters.